The summed E-state index contributed by atoms with van der Waals surface area (Å²) < 4.78 is 4.64. The normalized spacial score (nSPS) is 12.1. The Hall–Kier alpha value is -1.35. The topological polar surface area (TPSA) is 46.5 Å². The monoisotopic (exact) mass is 334 g/mol. The fourth-order valence-corrected chi connectivity index (χ4v) is 3.07. The van der Waals surface area contributed by atoms with Crippen molar-refractivity contribution in [1.82, 2.24) is 0 Å². The van der Waals surface area contributed by atoms with Crippen LogP contribution in [-0.4, -0.2) is 18.2 Å². The summed E-state index contributed by atoms with van der Waals surface area (Å²) in [6.45, 7) is 2.25. The zero-order valence-electron chi connectivity index (χ0n) is 15.4. The van der Waals surface area contributed by atoms with Gasteiger partial charge in [-0.15, -0.1) is 0 Å². The molecule has 3 nitrogen and oxygen atoms in total. The Morgan fingerprint density at radius 3 is 2.08 bits per heavy atom. The van der Waals surface area contributed by atoms with E-state index in [9.17, 15) is 9.90 Å². The predicted octanol–water partition coefficient (Wildman–Crippen LogP) is 5.36. The number of rotatable bonds is 13. The molecule has 3 heteroatoms. The Bertz CT molecular complexity index is 456. The molecule has 1 rings (SSSR count). The van der Waals surface area contributed by atoms with E-state index in [1.165, 1.54) is 64.9 Å². The standard InChI is InChI=1S/C21H34O3/c1-3-4-5-6-7-8-9-10-11-12-15-18-16-13-14-17-19(18)20(22)21(23)24-2/h13-14,16-17,20,22H,3-12,15H2,1-2H3. The molecule has 0 amide bonds. The van der Waals surface area contributed by atoms with Crippen LogP contribution >= 0.6 is 0 Å². The first-order valence-electron chi connectivity index (χ1n) is 9.54. The first-order valence-corrected chi connectivity index (χ1v) is 9.54. The number of methoxy groups -OCH3 is 1. The molecule has 1 aromatic carbocycles. The quantitative estimate of drug-likeness (QED) is 0.390. The van der Waals surface area contributed by atoms with Crippen molar-refractivity contribution in [2.24, 2.45) is 0 Å². The van der Waals surface area contributed by atoms with Gasteiger partial charge in [-0.05, 0) is 24.0 Å². The fourth-order valence-electron chi connectivity index (χ4n) is 3.07. The molecule has 0 heterocycles. The maximum Gasteiger partial charge on any atom is 0.339 e. The Morgan fingerprint density at radius 2 is 1.50 bits per heavy atom. The van der Waals surface area contributed by atoms with E-state index in [2.05, 4.69) is 11.7 Å². The van der Waals surface area contributed by atoms with Crippen molar-refractivity contribution in [1.29, 1.82) is 0 Å². The van der Waals surface area contributed by atoms with Crippen molar-refractivity contribution in [3.63, 3.8) is 0 Å². The number of carbonyl (C=O) groups excluding carboxylic acids is 1. The van der Waals surface area contributed by atoms with Crippen molar-refractivity contribution in [3.8, 4) is 0 Å². The van der Waals surface area contributed by atoms with Crippen molar-refractivity contribution < 1.29 is 14.6 Å². The highest BCUT2D eigenvalue weighted by molar-refractivity contribution is 5.76. The second-order valence-electron chi connectivity index (χ2n) is 6.56. The van der Waals surface area contributed by atoms with Gasteiger partial charge in [0, 0.05) is 0 Å². The molecule has 0 aliphatic carbocycles. The Kier molecular flexibility index (Phi) is 11.2. The molecule has 0 spiro atoms. The lowest BCUT2D eigenvalue weighted by molar-refractivity contribution is -0.150. The summed E-state index contributed by atoms with van der Waals surface area (Å²) in [5.41, 5.74) is 1.73. The highest BCUT2D eigenvalue weighted by Crippen LogP contribution is 2.21. The van der Waals surface area contributed by atoms with Gasteiger partial charge in [-0.2, -0.15) is 0 Å². The van der Waals surface area contributed by atoms with Gasteiger partial charge in [0.15, 0.2) is 6.10 Å². The highest BCUT2D eigenvalue weighted by Gasteiger charge is 2.20. The van der Waals surface area contributed by atoms with E-state index < -0.39 is 12.1 Å². The maximum atomic E-state index is 11.5. The zero-order valence-corrected chi connectivity index (χ0v) is 15.4. The number of hydrogen-bond donors (Lipinski definition) is 1. The minimum absolute atomic E-state index is 0.592. The number of aliphatic hydroxyl groups excluding tert-OH is 1. The van der Waals surface area contributed by atoms with Gasteiger partial charge < -0.3 is 9.84 Å². The molecule has 136 valence electrons. The molecular weight excluding hydrogens is 300 g/mol. The van der Waals surface area contributed by atoms with Crippen LogP contribution in [-0.2, 0) is 16.0 Å². The molecule has 24 heavy (non-hydrogen) atoms. The summed E-state index contributed by atoms with van der Waals surface area (Å²) in [5.74, 6) is -0.592. The summed E-state index contributed by atoms with van der Waals surface area (Å²) in [5, 5.41) is 10.1. The number of ether oxygens (including phenoxy) is 1. The van der Waals surface area contributed by atoms with Crippen LogP contribution in [0.3, 0.4) is 0 Å². The van der Waals surface area contributed by atoms with Gasteiger partial charge in [0.05, 0.1) is 7.11 Å². The Morgan fingerprint density at radius 1 is 0.958 bits per heavy atom. The zero-order chi connectivity index (χ0) is 17.6. The lowest BCUT2D eigenvalue weighted by Crippen LogP contribution is -2.15. The highest BCUT2D eigenvalue weighted by atomic mass is 16.5. The van der Waals surface area contributed by atoms with Gasteiger partial charge in [-0.25, -0.2) is 4.79 Å². The van der Waals surface area contributed by atoms with Crippen LogP contribution in [0.5, 0.6) is 0 Å². The van der Waals surface area contributed by atoms with Gasteiger partial charge in [0.25, 0.3) is 0 Å². The van der Waals surface area contributed by atoms with Gasteiger partial charge in [-0.1, -0.05) is 89.0 Å². The average molecular weight is 335 g/mol. The summed E-state index contributed by atoms with van der Waals surface area (Å²) >= 11 is 0. The van der Waals surface area contributed by atoms with Crippen LogP contribution < -0.4 is 0 Å². The largest absolute Gasteiger partial charge is 0.467 e. The van der Waals surface area contributed by atoms with Crippen LogP contribution in [0.1, 0.15) is 88.4 Å². The fraction of sp³-hybridized carbons (Fsp3) is 0.667. The SMILES string of the molecule is CCCCCCCCCCCCc1ccccc1C(O)C(=O)OC. The smallest absolute Gasteiger partial charge is 0.339 e. The molecule has 0 radical (unpaired) electrons. The number of aliphatic hydroxyl groups is 1. The molecule has 0 aliphatic rings. The molecule has 0 saturated carbocycles. The third-order valence-electron chi connectivity index (χ3n) is 4.57. The summed E-state index contributed by atoms with van der Waals surface area (Å²) in [7, 11) is 1.30. The second kappa shape index (κ2) is 13.0. The van der Waals surface area contributed by atoms with E-state index in [-0.39, 0.29) is 0 Å². The predicted molar refractivity (Wildman–Crippen MR) is 99.0 cm³/mol. The van der Waals surface area contributed by atoms with Gasteiger partial charge >= 0.3 is 5.97 Å². The molecule has 0 aromatic heterocycles. The number of hydrogen-bond acceptors (Lipinski definition) is 3. The number of esters is 1. The van der Waals surface area contributed by atoms with E-state index in [1.54, 1.807) is 0 Å². The van der Waals surface area contributed by atoms with Gasteiger partial charge in [-0.3, -0.25) is 0 Å². The molecule has 0 fully saturated rings. The molecule has 1 aromatic rings. The summed E-state index contributed by atoms with van der Waals surface area (Å²) in [6, 6.07) is 7.62. The number of carbonyl (C=O) groups is 1. The van der Waals surface area contributed by atoms with E-state index in [1.807, 2.05) is 24.3 Å². The van der Waals surface area contributed by atoms with Crippen molar-refractivity contribution >= 4 is 5.97 Å². The van der Waals surface area contributed by atoms with Crippen LogP contribution in [0.25, 0.3) is 0 Å². The van der Waals surface area contributed by atoms with Gasteiger partial charge in [0.2, 0.25) is 0 Å². The molecule has 0 aliphatic heterocycles. The molecule has 1 atom stereocenters. The Balaban J connectivity index is 2.22. The minimum atomic E-state index is -1.17. The number of unbranched alkanes of at least 4 members (excludes halogenated alkanes) is 9. The average Bonchev–Trinajstić information content (AvgIpc) is 2.62. The first kappa shape index (κ1) is 20.7. The third-order valence-corrected chi connectivity index (χ3v) is 4.57. The summed E-state index contributed by atoms with van der Waals surface area (Å²) in [4.78, 5) is 11.5. The van der Waals surface area contributed by atoms with Gasteiger partial charge in [0.1, 0.15) is 0 Å². The molecular formula is C21H34O3. The molecule has 0 saturated heterocycles. The van der Waals surface area contributed by atoms with E-state index in [4.69, 9.17) is 0 Å². The molecule has 1 unspecified atom stereocenters. The summed E-state index contributed by atoms with van der Waals surface area (Å²) in [6.07, 6.45) is 12.8. The second-order valence-corrected chi connectivity index (χ2v) is 6.56. The Labute approximate surface area is 147 Å². The lowest BCUT2D eigenvalue weighted by atomic mass is 9.97. The van der Waals surface area contributed by atoms with Crippen molar-refractivity contribution in [2.75, 3.05) is 7.11 Å². The lowest BCUT2D eigenvalue weighted by Gasteiger charge is -2.13. The van der Waals surface area contributed by atoms with Crippen LogP contribution in [0.2, 0.25) is 0 Å². The van der Waals surface area contributed by atoms with E-state index >= 15 is 0 Å². The third kappa shape index (κ3) is 7.96. The number of benzene rings is 1. The number of aryl methyl sites for hydroxylation is 1. The molecule has 0 bridgehead atoms. The molecule has 1 N–H and O–H groups in total. The van der Waals surface area contributed by atoms with Crippen molar-refractivity contribution in [2.45, 2.75) is 83.7 Å². The van der Waals surface area contributed by atoms with E-state index in [0.717, 1.165) is 18.4 Å². The first-order chi connectivity index (χ1) is 11.7. The van der Waals surface area contributed by atoms with Crippen LogP contribution in [0.15, 0.2) is 24.3 Å². The van der Waals surface area contributed by atoms with Crippen LogP contribution in [0, 0.1) is 0 Å². The van der Waals surface area contributed by atoms with E-state index in [0.29, 0.717) is 5.56 Å². The maximum absolute atomic E-state index is 11.5. The van der Waals surface area contributed by atoms with Crippen molar-refractivity contribution in [3.05, 3.63) is 35.4 Å². The van der Waals surface area contributed by atoms with Crippen LogP contribution in [0.4, 0.5) is 0 Å². The minimum Gasteiger partial charge on any atom is -0.467 e.